The minimum atomic E-state index is -0.831. The highest BCUT2D eigenvalue weighted by molar-refractivity contribution is 9.10. The number of nitrogens with one attached hydrogen (secondary N) is 1. The summed E-state index contributed by atoms with van der Waals surface area (Å²) in [4.78, 5) is 12.1. The standard InChI is InChI=1S/C16H12BrFN2O/c17-14-7-6-13(18)9-15(14)20-16(21)12(10-19)8-11-4-2-1-3-5-11/h1-7,9,12H,8H2,(H,20,21). The second kappa shape index (κ2) is 7.00. The highest BCUT2D eigenvalue weighted by atomic mass is 79.9. The topological polar surface area (TPSA) is 52.9 Å². The summed E-state index contributed by atoms with van der Waals surface area (Å²) in [7, 11) is 0. The Labute approximate surface area is 130 Å². The third-order valence-corrected chi connectivity index (χ3v) is 3.63. The van der Waals surface area contributed by atoms with Crippen LogP contribution in [0.4, 0.5) is 10.1 Å². The van der Waals surface area contributed by atoms with Crippen LogP contribution in [0.25, 0.3) is 0 Å². The second-order valence-corrected chi connectivity index (χ2v) is 5.34. The SMILES string of the molecule is N#CC(Cc1ccccc1)C(=O)Nc1cc(F)ccc1Br. The lowest BCUT2D eigenvalue weighted by molar-refractivity contribution is -0.118. The molecule has 0 aliphatic heterocycles. The molecule has 0 aliphatic carbocycles. The predicted molar refractivity (Wildman–Crippen MR) is 82.0 cm³/mol. The van der Waals surface area contributed by atoms with Crippen molar-refractivity contribution in [3.8, 4) is 6.07 Å². The van der Waals surface area contributed by atoms with Crippen molar-refractivity contribution in [3.05, 3.63) is 64.4 Å². The van der Waals surface area contributed by atoms with E-state index in [0.29, 0.717) is 16.6 Å². The first-order chi connectivity index (χ1) is 10.1. The zero-order valence-corrected chi connectivity index (χ0v) is 12.6. The van der Waals surface area contributed by atoms with Gasteiger partial charge in [-0.05, 0) is 46.1 Å². The fourth-order valence-corrected chi connectivity index (χ4v) is 2.21. The van der Waals surface area contributed by atoms with Crippen molar-refractivity contribution in [2.24, 2.45) is 5.92 Å². The van der Waals surface area contributed by atoms with Gasteiger partial charge in [0.2, 0.25) is 5.91 Å². The first-order valence-corrected chi connectivity index (χ1v) is 7.09. The molecule has 3 nitrogen and oxygen atoms in total. The van der Waals surface area contributed by atoms with Crippen LogP contribution in [0.2, 0.25) is 0 Å². The monoisotopic (exact) mass is 346 g/mol. The minimum absolute atomic E-state index is 0.313. The molecule has 0 spiro atoms. The molecule has 0 bridgehead atoms. The van der Waals surface area contributed by atoms with Crippen LogP contribution in [0, 0.1) is 23.1 Å². The number of carbonyl (C=O) groups is 1. The molecule has 1 unspecified atom stereocenters. The highest BCUT2D eigenvalue weighted by Crippen LogP contribution is 2.24. The maximum atomic E-state index is 13.2. The molecule has 21 heavy (non-hydrogen) atoms. The van der Waals surface area contributed by atoms with E-state index in [0.717, 1.165) is 5.56 Å². The number of nitriles is 1. The summed E-state index contributed by atoms with van der Waals surface area (Å²) in [5, 5.41) is 11.7. The largest absolute Gasteiger partial charge is 0.324 e. The lowest BCUT2D eigenvalue weighted by Gasteiger charge is -2.11. The number of amides is 1. The zero-order valence-electron chi connectivity index (χ0n) is 11.0. The Morgan fingerprint density at radius 1 is 1.29 bits per heavy atom. The molecular formula is C16H12BrFN2O. The Morgan fingerprint density at radius 2 is 2.00 bits per heavy atom. The first kappa shape index (κ1) is 15.2. The van der Waals surface area contributed by atoms with Crippen LogP contribution < -0.4 is 5.32 Å². The van der Waals surface area contributed by atoms with Crippen molar-refractivity contribution in [1.29, 1.82) is 5.26 Å². The zero-order chi connectivity index (χ0) is 15.2. The molecule has 0 aromatic heterocycles. The maximum absolute atomic E-state index is 13.2. The Balaban J connectivity index is 2.10. The molecule has 2 aromatic carbocycles. The fourth-order valence-electron chi connectivity index (χ4n) is 1.86. The summed E-state index contributed by atoms with van der Waals surface area (Å²) in [5.74, 6) is -1.74. The van der Waals surface area contributed by atoms with Gasteiger partial charge in [0.15, 0.2) is 0 Å². The summed E-state index contributed by atoms with van der Waals surface area (Å²) in [6.45, 7) is 0. The van der Waals surface area contributed by atoms with Gasteiger partial charge >= 0.3 is 0 Å². The maximum Gasteiger partial charge on any atom is 0.242 e. The highest BCUT2D eigenvalue weighted by Gasteiger charge is 2.19. The average molecular weight is 347 g/mol. The summed E-state index contributed by atoms with van der Waals surface area (Å²) in [6, 6.07) is 15.3. The number of halogens is 2. The number of benzene rings is 2. The lowest BCUT2D eigenvalue weighted by atomic mass is 10.00. The third kappa shape index (κ3) is 4.14. The molecule has 2 rings (SSSR count). The summed E-state index contributed by atoms with van der Waals surface area (Å²) in [5.41, 5.74) is 1.21. The van der Waals surface area contributed by atoms with Gasteiger partial charge in [0.1, 0.15) is 11.7 Å². The van der Waals surface area contributed by atoms with Crippen molar-refractivity contribution in [1.82, 2.24) is 0 Å². The Kier molecular flexibility index (Phi) is 5.07. The smallest absolute Gasteiger partial charge is 0.242 e. The number of carbonyl (C=O) groups excluding carboxylic acids is 1. The van der Waals surface area contributed by atoms with Crippen LogP contribution in [0.5, 0.6) is 0 Å². The normalized spacial score (nSPS) is 11.5. The van der Waals surface area contributed by atoms with Gasteiger partial charge in [-0.25, -0.2) is 4.39 Å². The molecule has 1 N–H and O–H groups in total. The van der Waals surface area contributed by atoms with Crippen LogP contribution in [0.3, 0.4) is 0 Å². The number of nitrogens with zero attached hydrogens (tertiary/aromatic N) is 1. The van der Waals surface area contributed by atoms with E-state index in [-0.39, 0.29) is 0 Å². The van der Waals surface area contributed by atoms with Gasteiger partial charge in [0.25, 0.3) is 0 Å². The fraction of sp³-hybridized carbons (Fsp3) is 0.125. The molecule has 0 saturated heterocycles. The van der Waals surface area contributed by atoms with Crippen LogP contribution in [-0.4, -0.2) is 5.91 Å². The van der Waals surface area contributed by atoms with Crippen molar-refractivity contribution in [2.75, 3.05) is 5.32 Å². The molecule has 0 radical (unpaired) electrons. The van der Waals surface area contributed by atoms with E-state index in [9.17, 15) is 9.18 Å². The van der Waals surface area contributed by atoms with Gasteiger partial charge in [-0.2, -0.15) is 5.26 Å². The van der Waals surface area contributed by atoms with Gasteiger partial charge in [-0.15, -0.1) is 0 Å². The van der Waals surface area contributed by atoms with Crippen LogP contribution in [0.15, 0.2) is 53.0 Å². The van der Waals surface area contributed by atoms with Crippen molar-refractivity contribution < 1.29 is 9.18 Å². The van der Waals surface area contributed by atoms with E-state index in [1.165, 1.54) is 18.2 Å². The van der Waals surface area contributed by atoms with E-state index < -0.39 is 17.6 Å². The van der Waals surface area contributed by atoms with E-state index in [1.807, 2.05) is 36.4 Å². The number of hydrogen-bond donors (Lipinski definition) is 1. The molecule has 0 heterocycles. The first-order valence-electron chi connectivity index (χ1n) is 6.29. The molecule has 0 aliphatic rings. The van der Waals surface area contributed by atoms with Gasteiger partial charge in [0, 0.05) is 4.47 Å². The molecule has 0 saturated carbocycles. The molecule has 106 valence electrons. The Bertz CT molecular complexity index is 682. The Morgan fingerprint density at radius 3 is 2.67 bits per heavy atom. The van der Waals surface area contributed by atoms with E-state index in [2.05, 4.69) is 21.2 Å². The van der Waals surface area contributed by atoms with E-state index in [1.54, 1.807) is 0 Å². The summed E-state index contributed by atoms with van der Waals surface area (Å²) < 4.78 is 13.8. The Hall–Kier alpha value is -2.19. The molecule has 5 heteroatoms. The van der Waals surface area contributed by atoms with Crippen molar-refractivity contribution >= 4 is 27.5 Å². The second-order valence-electron chi connectivity index (χ2n) is 4.48. The van der Waals surface area contributed by atoms with Crippen molar-refractivity contribution in [2.45, 2.75) is 6.42 Å². The average Bonchev–Trinajstić information content (AvgIpc) is 2.49. The minimum Gasteiger partial charge on any atom is -0.324 e. The van der Waals surface area contributed by atoms with Crippen LogP contribution in [-0.2, 0) is 11.2 Å². The van der Waals surface area contributed by atoms with Gasteiger partial charge in [-0.1, -0.05) is 30.3 Å². The lowest BCUT2D eigenvalue weighted by Crippen LogP contribution is -2.23. The summed E-state index contributed by atoms with van der Waals surface area (Å²) in [6.07, 6.45) is 0.316. The van der Waals surface area contributed by atoms with Crippen LogP contribution in [0.1, 0.15) is 5.56 Å². The summed E-state index contributed by atoms with van der Waals surface area (Å²) >= 11 is 3.23. The van der Waals surface area contributed by atoms with Gasteiger partial charge in [0.05, 0.1) is 11.8 Å². The number of rotatable bonds is 4. The molecule has 1 atom stereocenters. The number of anilines is 1. The van der Waals surface area contributed by atoms with E-state index in [4.69, 9.17) is 5.26 Å². The predicted octanol–water partition coefficient (Wildman–Crippen LogP) is 3.91. The van der Waals surface area contributed by atoms with Gasteiger partial charge < -0.3 is 5.32 Å². The third-order valence-electron chi connectivity index (χ3n) is 2.94. The van der Waals surface area contributed by atoms with Gasteiger partial charge in [-0.3, -0.25) is 4.79 Å². The molecule has 0 fully saturated rings. The van der Waals surface area contributed by atoms with Crippen LogP contribution >= 0.6 is 15.9 Å². The molecule has 1 amide bonds. The number of hydrogen-bond acceptors (Lipinski definition) is 2. The van der Waals surface area contributed by atoms with Crippen molar-refractivity contribution in [3.63, 3.8) is 0 Å². The molecular weight excluding hydrogens is 335 g/mol. The quantitative estimate of drug-likeness (QED) is 0.912. The van der Waals surface area contributed by atoms with E-state index >= 15 is 0 Å². The molecule has 2 aromatic rings.